The number of piperazine rings is 1. The molecule has 2 aromatic heterocycles. The lowest BCUT2D eigenvalue weighted by atomic mass is 10.1. The van der Waals surface area contributed by atoms with Crippen LogP contribution in [0.25, 0.3) is 0 Å². The van der Waals surface area contributed by atoms with Gasteiger partial charge < -0.3 is 9.42 Å². The van der Waals surface area contributed by atoms with Gasteiger partial charge in [0, 0.05) is 44.2 Å². The average molecular weight is 307 g/mol. The quantitative estimate of drug-likeness (QED) is 0.842. The van der Waals surface area contributed by atoms with Crippen molar-refractivity contribution in [3.63, 3.8) is 0 Å². The SMILES string of the molecule is CC(C)Cc1noc(CN2CCN(c3nccs3)CC2)n1. The van der Waals surface area contributed by atoms with Crippen LogP contribution in [0, 0.1) is 5.92 Å². The monoisotopic (exact) mass is 307 g/mol. The van der Waals surface area contributed by atoms with E-state index in [4.69, 9.17) is 4.52 Å². The number of hydrogen-bond donors (Lipinski definition) is 0. The predicted octanol–water partition coefficient (Wildman–Crippen LogP) is 2.05. The Labute approximate surface area is 128 Å². The molecule has 1 aliphatic rings. The maximum absolute atomic E-state index is 5.34. The summed E-state index contributed by atoms with van der Waals surface area (Å²) in [5.74, 6) is 2.10. The molecule has 0 spiro atoms. The van der Waals surface area contributed by atoms with Crippen LogP contribution in [0.15, 0.2) is 16.1 Å². The van der Waals surface area contributed by atoms with E-state index in [1.54, 1.807) is 11.3 Å². The highest BCUT2D eigenvalue weighted by Gasteiger charge is 2.20. The summed E-state index contributed by atoms with van der Waals surface area (Å²) in [6.07, 6.45) is 2.74. The fourth-order valence-corrected chi connectivity index (χ4v) is 3.16. The molecule has 0 N–H and O–H groups in total. The number of rotatable bonds is 5. The normalized spacial score (nSPS) is 16.8. The number of nitrogens with zero attached hydrogens (tertiary/aromatic N) is 5. The Balaban J connectivity index is 1.50. The molecule has 0 aromatic carbocycles. The molecule has 0 unspecified atom stereocenters. The van der Waals surface area contributed by atoms with Crippen molar-refractivity contribution in [3.05, 3.63) is 23.3 Å². The summed E-state index contributed by atoms with van der Waals surface area (Å²) in [7, 11) is 0. The highest BCUT2D eigenvalue weighted by molar-refractivity contribution is 7.13. The van der Waals surface area contributed by atoms with E-state index in [1.165, 1.54) is 0 Å². The highest BCUT2D eigenvalue weighted by atomic mass is 32.1. The van der Waals surface area contributed by atoms with Gasteiger partial charge in [-0.15, -0.1) is 11.3 Å². The Hall–Kier alpha value is -1.47. The van der Waals surface area contributed by atoms with Crippen molar-refractivity contribution in [1.82, 2.24) is 20.0 Å². The fourth-order valence-electron chi connectivity index (χ4n) is 2.46. The van der Waals surface area contributed by atoms with Crippen LogP contribution in [-0.2, 0) is 13.0 Å². The third-order valence-electron chi connectivity index (χ3n) is 3.52. The van der Waals surface area contributed by atoms with Gasteiger partial charge >= 0.3 is 0 Å². The molecule has 0 bridgehead atoms. The van der Waals surface area contributed by atoms with Gasteiger partial charge in [0.05, 0.1) is 6.54 Å². The number of thiazole rings is 1. The molecule has 3 rings (SSSR count). The molecular weight excluding hydrogens is 286 g/mol. The summed E-state index contributed by atoms with van der Waals surface area (Å²) in [6.45, 7) is 9.07. The Morgan fingerprint density at radius 1 is 1.29 bits per heavy atom. The Bertz CT molecular complexity index is 545. The third-order valence-corrected chi connectivity index (χ3v) is 4.35. The molecule has 3 heterocycles. The molecule has 1 fully saturated rings. The van der Waals surface area contributed by atoms with Crippen LogP contribution >= 0.6 is 11.3 Å². The Kier molecular flexibility index (Phi) is 4.50. The van der Waals surface area contributed by atoms with Gasteiger partial charge in [-0.05, 0) is 5.92 Å². The molecule has 21 heavy (non-hydrogen) atoms. The fraction of sp³-hybridized carbons (Fsp3) is 0.643. The van der Waals surface area contributed by atoms with Gasteiger partial charge in [-0.1, -0.05) is 19.0 Å². The third kappa shape index (κ3) is 3.79. The summed E-state index contributed by atoms with van der Waals surface area (Å²) in [4.78, 5) is 13.5. The van der Waals surface area contributed by atoms with Crippen LogP contribution in [0.5, 0.6) is 0 Å². The van der Waals surface area contributed by atoms with Crippen molar-refractivity contribution < 1.29 is 4.52 Å². The van der Waals surface area contributed by atoms with Crippen LogP contribution in [0.2, 0.25) is 0 Å². The lowest BCUT2D eigenvalue weighted by Gasteiger charge is -2.33. The zero-order valence-corrected chi connectivity index (χ0v) is 13.3. The van der Waals surface area contributed by atoms with Gasteiger partial charge in [0.2, 0.25) is 5.89 Å². The second-order valence-corrected chi connectivity index (χ2v) is 6.65. The molecule has 2 aromatic rings. The van der Waals surface area contributed by atoms with E-state index in [0.717, 1.165) is 56.0 Å². The van der Waals surface area contributed by atoms with Gasteiger partial charge in [-0.2, -0.15) is 4.98 Å². The summed E-state index contributed by atoms with van der Waals surface area (Å²) in [6, 6.07) is 0. The molecular formula is C14H21N5OS. The highest BCUT2D eigenvalue weighted by Crippen LogP contribution is 2.19. The number of aromatic nitrogens is 3. The van der Waals surface area contributed by atoms with Gasteiger partial charge in [-0.3, -0.25) is 4.90 Å². The van der Waals surface area contributed by atoms with Crippen molar-refractivity contribution in [2.24, 2.45) is 5.92 Å². The van der Waals surface area contributed by atoms with Crippen molar-refractivity contribution in [2.75, 3.05) is 31.1 Å². The van der Waals surface area contributed by atoms with E-state index in [9.17, 15) is 0 Å². The maximum atomic E-state index is 5.34. The topological polar surface area (TPSA) is 58.3 Å². The van der Waals surface area contributed by atoms with Crippen LogP contribution in [0.1, 0.15) is 25.6 Å². The van der Waals surface area contributed by atoms with Crippen LogP contribution < -0.4 is 4.90 Å². The zero-order valence-electron chi connectivity index (χ0n) is 12.5. The molecule has 0 radical (unpaired) electrons. The van der Waals surface area contributed by atoms with E-state index < -0.39 is 0 Å². The zero-order chi connectivity index (χ0) is 14.7. The number of anilines is 1. The summed E-state index contributed by atoms with van der Waals surface area (Å²) < 4.78 is 5.34. The largest absolute Gasteiger partial charge is 0.346 e. The van der Waals surface area contributed by atoms with Crippen LogP contribution in [0.3, 0.4) is 0 Å². The smallest absolute Gasteiger partial charge is 0.240 e. The van der Waals surface area contributed by atoms with Gasteiger partial charge in [-0.25, -0.2) is 4.98 Å². The molecule has 7 heteroatoms. The van der Waals surface area contributed by atoms with E-state index in [1.807, 2.05) is 11.6 Å². The predicted molar refractivity (Wildman–Crippen MR) is 82.4 cm³/mol. The van der Waals surface area contributed by atoms with E-state index in [2.05, 4.69) is 38.8 Å². The van der Waals surface area contributed by atoms with Crippen molar-refractivity contribution >= 4 is 16.5 Å². The first-order chi connectivity index (χ1) is 10.2. The van der Waals surface area contributed by atoms with Crippen molar-refractivity contribution in [3.8, 4) is 0 Å². The minimum absolute atomic E-state index is 0.553. The van der Waals surface area contributed by atoms with Crippen LogP contribution in [0.4, 0.5) is 5.13 Å². The minimum atomic E-state index is 0.553. The average Bonchev–Trinajstić information content (AvgIpc) is 3.11. The van der Waals surface area contributed by atoms with Gasteiger partial charge in [0.15, 0.2) is 11.0 Å². The summed E-state index contributed by atoms with van der Waals surface area (Å²) >= 11 is 1.70. The van der Waals surface area contributed by atoms with E-state index in [-0.39, 0.29) is 0 Å². The molecule has 0 saturated carbocycles. The van der Waals surface area contributed by atoms with Crippen LogP contribution in [-0.4, -0.2) is 46.2 Å². The van der Waals surface area contributed by atoms with Gasteiger partial charge in [0.25, 0.3) is 0 Å². The molecule has 0 amide bonds. The summed E-state index contributed by atoms with van der Waals surface area (Å²) in [5.41, 5.74) is 0. The van der Waals surface area contributed by atoms with E-state index >= 15 is 0 Å². The molecule has 1 saturated heterocycles. The molecule has 6 nitrogen and oxygen atoms in total. The Morgan fingerprint density at radius 3 is 2.76 bits per heavy atom. The first-order valence-corrected chi connectivity index (χ1v) is 8.27. The van der Waals surface area contributed by atoms with Crippen molar-refractivity contribution in [1.29, 1.82) is 0 Å². The molecule has 0 aliphatic carbocycles. The van der Waals surface area contributed by atoms with E-state index in [0.29, 0.717) is 5.92 Å². The van der Waals surface area contributed by atoms with Crippen molar-refractivity contribution in [2.45, 2.75) is 26.8 Å². The molecule has 114 valence electrons. The standard InChI is InChI=1S/C14H21N5OS/c1-11(2)9-12-16-13(20-17-12)10-18-4-6-19(7-5-18)14-15-3-8-21-14/h3,8,11H,4-7,9-10H2,1-2H3. The second-order valence-electron chi connectivity index (χ2n) is 5.78. The van der Waals surface area contributed by atoms with Gasteiger partial charge in [0.1, 0.15) is 0 Å². The first kappa shape index (κ1) is 14.5. The molecule has 0 atom stereocenters. The maximum Gasteiger partial charge on any atom is 0.240 e. The second kappa shape index (κ2) is 6.53. The molecule has 1 aliphatic heterocycles. The summed E-state index contributed by atoms with van der Waals surface area (Å²) in [5, 5.41) is 7.19. The first-order valence-electron chi connectivity index (χ1n) is 7.39. The lowest BCUT2D eigenvalue weighted by molar-refractivity contribution is 0.215. The Morgan fingerprint density at radius 2 is 2.10 bits per heavy atom. The minimum Gasteiger partial charge on any atom is -0.346 e. The lowest BCUT2D eigenvalue weighted by Crippen LogP contribution is -2.46. The number of hydrogen-bond acceptors (Lipinski definition) is 7.